The molecule has 0 amide bonds. The van der Waals surface area contributed by atoms with Crippen LogP contribution in [0.3, 0.4) is 0 Å². The van der Waals surface area contributed by atoms with Gasteiger partial charge in [-0.25, -0.2) is 0 Å². The molecule has 0 aromatic heterocycles. The second-order valence-corrected chi connectivity index (χ2v) is 2.58. The maximum Gasteiger partial charge on any atom is 0.0926 e. The van der Waals surface area contributed by atoms with Crippen LogP contribution in [0.1, 0.15) is 33.6 Å². The first-order chi connectivity index (χ1) is 4.68. The zero-order valence-corrected chi connectivity index (χ0v) is 7.11. The van der Waals surface area contributed by atoms with Gasteiger partial charge in [0.05, 0.1) is 5.60 Å². The fourth-order valence-corrected chi connectivity index (χ4v) is 0.578. The van der Waals surface area contributed by atoms with Crippen LogP contribution in [0, 0.1) is 0 Å². The molecule has 0 heterocycles. The van der Waals surface area contributed by atoms with Crippen LogP contribution in [0.2, 0.25) is 0 Å². The lowest BCUT2D eigenvalue weighted by Crippen LogP contribution is -2.31. The van der Waals surface area contributed by atoms with Gasteiger partial charge in [0.25, 0.3) is 0 Å². The molecule has 0 aliphatic rings. The fourth-order valence-electron chi connectivity index (χ4n) is 0.578. The minimum absolute atomic E-state index is 0.0474. The lowest BCUT2D eigenvalue weighted by atomic mass is 10.0. The Bertz CT molecular complexity index is 97.4. The third-order valence-electron chi connectivity index (χ3n) is 1.88. The number of nitrogens with one attached hydrogen (secondary N) is 1. The first-order valence-electron chi connectivity index (χ1n) is 3.73. The van der Waals surface area contributed by atoms with Crippen molar-refractivity contribution in [3.8, 4) is 0 Å². The quantitative estimate of drug-likeness (QED) is 0.596. The smallest absolute Gasteiger partial charge is 0.0926 e. The van der Waals surface area contributed by atoms with E-state index in [1.165, 1.54) is 0 Å². The average Bonchev–Trinajstić information content (AvgIpc) is 2.00. The first kappa shape index (κ1) is 9.50. The molecule has 0 saturated carbocycles. The van der Waals surface area contributed by atoms with Crippen LogP contribution < -0.4 is 5.48 Å². The van der Waals surface area contributed by atoms with Crippen LogP contribution in [0.25, 0.3) is 0 Å². The van der Waals surface area contributed by atoms with Crippen LogP contribution in [-0.4, -0.2) is 5.60 Å². The van der Waals surface area contributed by atoms with Crippen LogP contribution in [-0.2, 0) is 4.84 Å². The molecule has 0 radical (unpaired) electrons. The van der Waals surface area contributed by atoms with E-state index in [4.69, 9.17) is 4.84 Å². The van der Waals surface area contributed by atoms with Crippen molar-refractivity contribution in [2.24, 2.45) is 0 Å². The molecular formula is C8H17NO. The van der Waals surface area contributed by atoms with Gasteiger partial charge in [0.1, 0.15) is 0 Å². The predicted molar refractivity (Wildman–Crippen MR) is 43.4 cm³/mol. The minimum Gasteiger partial charge on any atom is -0.274 e. The van der Waals surface area contributed by atoms with E-state index in [9.17, 15) is 0 Å². The SMILES string of the molecule is C=CNOC(C)(CC)CC. The standard InChI is InChI=1S/C8H17NO/c1-5-8(4,6-2)10-9-7-3/h7,9H,3,5-6H2,1-2,4H3. The van der Waals surface area contributed by atoms with E-state index >= 15 is 0 Å². The van der Waals surface area contributed by atoms with Crippen LogP contribution >= 0.6 is 0 Å². The molecule has 0 rings (SSSR count). The highest BCUT2D eigenvalue weighted by Crippen LogP contribution is 2.17. The van der Waals surface area contributed by atoms with Crippen LogP contribution in [0.5, 0.6) is 0 Å². The molecule has 0 atom stereocenters. The van der Waals surface area contributed by atoms with Gasteiger partial charge in [-0.3, -0.25) is 10.3 Å². The molecule has 0 spiro atoms. The van der Waals surface area contributed by atoms with E-state index < -0.39 is 0 Å². The van der Waals surface area contributed by atoms with Gasteiger partial charge in [-0.05, 0) is 19.8 Å². The summed E-state index contributed by atoms with van der Waals surface area (Å²) >= 11 is 0. The van der Waals surface area contributed by atoms with Crippen LogP contribution in [0.4, 0.5) is 0 Å². The monoisotopic (exact) mass is 143 g/mol. The lowest BCUT2D eigenvalue weighted by molar-refractivity contribution is -0.0816. The minimum atomic E-state index is -0.0474. The van der Waals surface area contributed by atoms with Crippen molar-refractivity contribution in [1.82, 2.24) is 5.48 Å². The predicted octanol–water partition coefficient (Wildman–Crippen LogP) is 2.23. The summed E-state index contributed by atoms with van der Waals surface area (Å²) in [6, 6.07) is 0. The molecular weight excluding hydrogens is 126 g/mol. The van der Waals surface area contributed by atoms with Gasteiger partial charge in [0.15, 0.2) is 0 Å². The van der Waals surface area contributed by atoms with Crippen molar-refractivity contribution in [1.29, 1.82) is 0 Å². The average molecular weight is 143 g/mol. The van der Waals surface area contributed by atoms with Gasteiger partial charge < -0.3 is 0 Å². The third kappa shape index (κ3) is 2.87. The molecule has 0 saturated heterocycles. The second-order valence-electron chi connectivity index (χ2n) is 2.58. The Morgan fingerprint density at radius 2 is 2.00 bits per heavy atom. The molecule has 10 heavy (non-hydrogen) atoms. The van der Waals surface area contributed by atoms with Crippen molar-refractivity contribution < 1.29 is 4.84 Å². The van der Waals surface area contributed by atoms with Gasteiger partial charge in [0, 0.05) is 6.20 Å². The normalized spacial score (nSPS) is 11.1. The van der Waals surface area contributed by atoms with E-state index in [1.807, 2.05) is 0 Å². The largest absolute Gasteiger partial charge is 0.274 e. The summed E-state index contributed by atoms with van der Waals surface area (Å²) in [5, 5.41) is 0. The molecule has 0 fully saturated rings. The van der Waals surface area contributed by atoms with Crippen molar-refractivity contribution in [2.45, 2.75) is 39.2 Å². The summed E-state index contributed by atoms with van der Waals surface area (Å²) in [6.45, 7) is 9.78. The molecule has 0 aliphatic carbocycles. The zero-order valence-electron chi connectivity index (χ0n) is 7.11. The van der Waals surface area contributed by atoms with Crippen molar-refractivity contribution in [2.75, 3.05) is 0 Å². The first-order valence-corrected chi connectivity index (χ1v) is 3.73. The molecule has 0 unspecified atom stereocenters. The zero-order chi connectivity index (χ0) is 8.04. The Labute approximate surface area is 63.2 Å². The van der Waals surface area contributed by atoms with Gasteiger partial charge in [-0.2, -0.15) is 0 Å². The van der Waals surface area contributed by atoms with Crippen molar-refractivity contribution in [3.63, 3.8) is 0 Å². The third-order valence-corrected chi connectivity index (χ3v) is 1.88. The number of hydrogen-bond acceptors (Lipinski definition) is 2. The highest BCUT2D eigenvalue weighted by Gasteiger charge is 2.19. The Hall–Kier alpha value is -0.500. The van der Waals surface area contributed by atoms with Gasteiger partial charge in [-0.15, -0.1) is 0 Å². The van der Waals surface area contributed by atoms with E-state index in [1.54, 1.807) is 6.20 Å². The molecule has 2 heteroatoms. The highest BCUT2D eigenvalue weighted by atomic mass is 16.7. The van der Waals surface area contributed by atoms with Gasteiger partial charge >= 0.3 is 0 Å². The summed E-state index contributed by atoms with van der Waals surface area (Å²) < 4.78 is 0. The van der Waals surface area contributed by atoms with Gasteiger partial charge in [-0.1, -0.05) is 20.4 Å². The summed E-state index contributed by atoms with van der Waals surface area (Å²) in [5.74, 6) is 0. The summed E-state index contributed by atoms with van der Waals surface area (Å²) in [4.78, 5) is 5.31. The van der Waals surface area contributed by atoms with Crippen molar-refractivity contribution in [3.05, 3.63) is 12.8 Å². The molecule has 60 valence electrons. The Morgan fingerprint density at radius 3 is 2.30 bits per heavy atom. The molecule has 0 aromatic carbocycles. The summed E-state index contributed by atoms with van der Waals surface area (Å²) in [7, 11) is 0. The molecule has 2 nitrogen and oxygen atoms in total. The maximum absolute atomic E-state index is 5.31. The van der Waals surface area contributed by atoms with E-state index in [0.717, 1.165) is 12.8 Å². The molecule has 0 bridgehead atoms. The maximum atomic E-state index is 5.31. The number of hydroxylamine groups is 1. The van der Waals surface area contributed by atoms with E-state index in [2.05, 4.69) is 32.8 Å². The Morgan fingerprint density at radius 1 is 1.50 bits per heavy atom. The summed E-state index contributed by atoms with van der Waals surface area (Å²) in [5.41, 5.74) is 2.61. The molecule has 1 N–H and O–H groups in total. The topological polar surface area (TPSA) is 21.3 Å². The number of hydrogen-bond donors (Lipinski definition) is 1. The van der Waals surface area contributed by atoms with Gasteiger partial charge in [0.2, 0.25) is 0 Å². The molecule has 0 aromatic rings. The Kier molecular flexibility index (Phi) is 4.12. The molecule has 0 aliphatic heterocycles. The lowest BCUT2D eigenvalue weighted by Gasteiger charge is -2.25. The highest BCUT2D eigenvalue weighted by molar-refractivity contribution is 4.70. The fraction of sp³-hybridized carbons (Fsp3) is 0.750. The van der Waals surface area contributed by atoms with E-state index in [-0.39, 0.29) is 5.60 Å². The van der Waals surface area contributed by atoms with Crippen LogP contribution in [0.15, 0.2) is 12.8 Å². The van der Waals surface area contributed by atoms with Crippen molar-refractivity contribution >= 4 is 0 Å². The second kappa shape index (κ2) is 4.34. The van der Waals surface area contributed by atoms with E-state index in [0.29, 0.717) is 0 Å². The summed E-state index contributed by atoms with van der Waals surface area (Å²) in [6.07, 6.45) is 3.55. The Balaban J connectivity index is 3.68. The number of rotatable bonds is 5.